The van der Waals surface area contributed by atoms with Gasteiger partial charge in [0.05, 0.1) is 5.39 Å². The third kappa shape index (κ3) is 2.70. The number of aromatic nitrogens is 3. The first-order valence-corrected chi connectivity index (χ1v) is 8.86. The number of piperidine rings is 1. The molecule has 2 fully saturated rings. The second kappa shape index (κ2) is 6.34. The summed E-state index contributed by atoms with van der Waals surface area (Å²) in [4.78, 5) is 27.3. The molecule has 0 radical (unpaired) electrons. The van der Waals surface area contributed by atoms with Crippen LogP contribution >= 0.6 is 0 Å². The summed E-state index contributed by atoms with van der Waals surface area (Å²) in [5, 5.41) is 8.52. The Kier molecular flexibility index (Phi) is 4.04. The number of benzene rings is 1. The van der Waals surface area contributed by atoms with Gasteiger partial charge < -0.3 is 4.90 Å². The van der Waals surface area contributed by atoms with Crippen LogP contribution in [0.3, 0.4) is 0 Å². The fourth-order valence-electron chi connectivity index (χ4n) is 4.28. The van der Waals surface area contributed by atoms with Gasteiger partial charge in [0, 0.05) is 12.6 Å². The van der Waals surface area contributed by atoms with Crippen LogP contribution in [0.1, 0.15) is 38.5 Å². The molecule has 1 saturated heterocycles. The minimum absolute atomic E-state index is 0.00159. The topological polar surface area (TPSA) is 68.1 Å². The quantitative estimate of drug-likeness (QED) is 0.846. The Bertz CT molecular complexity index is 814. The number of carbonyl (C=O) groups is 1. The second-order valence-corrected chi connectivity index (χ2v) is 6.91. The summed E-state index contributed by atoms with van der Waals surface area (Å²) in [5.41, 5.74) is 0.322. The molecule has 1 aromatic heterocycles. The zero-order valence-corrected chi connectivity index (χ0v) is 13.7. The maximum Gasteiger partial charge on any atom is 0.278 e. The highest BCUT2D eigenvalue weighted by atomic mass is 16.2. The summed E-state index contributed by atoms with van der Waals surface area (Å²) < 4.78 is 1.21. The molecule has 2 atom stereocenters. The molecule has 1 amide bonds. The number of likely N-dealkylation sites (tertiary alicyclic amines) is 1. The van der Waals surface area contributed by atoms with Crippen molar-refractivity contribution in [1.82, 2.24) is 19.9 Å². The molecule has 0 bridgehead atoms. The lowest BCUT2D eigenvalue weighted by Gasteiger charge is -2.44. The van der Waals surface area contributed by atoms with Crippen molar-refractivity contribution >= 4 is 16.8 Å². The zero-order valence-electron chi connectivity index (χ0n) is 13.7. The van der Waals surface area contributed by atoms with Gasteiger partial charge in [0.15, 0.2) is 0 Å². The number of amides is 1. The Morgan fingerprint density at radius 1 is 1.12 bits per heavy atom. The number of hydrogen-bond acceptors (Lipinski definition) is 4. The van der Waals surface area contributed by atoms with Gasteiger partial charge in [0.25, 0.3) is 5.56 Å². The lowest BCUT2D eigenvalue weighted by atomic mass is 9.78. The Hall–Kier alpha value is -2.24. The van der Waals surface area contributed by atoms with Gasteiger partial charge in [0.2, 0.25) is 5.91 Å². The van der Waals surface area contributed by atoms with Gasteiger partial charge >= 0.3 is 0 Å². The van der Waals surface area contributed by atoms with Crippen molar-refractivity contribution in [3.8, 4) is 0 Å². The van der Waals surface area contributed by atoms with E-state index < -0.39 is 0 Å². The number of hydrogen-bond donors (Lipinski definition) is 0. The SMILES string of the molecule is O=C(Cn1nnc2ccccc2c1=O)N1CCC[C@@H]2CCCC[C@@H]21. The normalized spacial score (nSPS) is 23.9. The summed E-state index contributed by atoms with van der Waals surface area (Å²) in [6.45, 7) is 0.787. The van der Waals surface area contributed by atoms with E-state index in [1.165, 1.54) is 30.4 Å². The molecule has 1 aliphatic carbocycles. The molecule has 2 aliphatic rings. The standard InChI is InChI=1S/C18H22N4O2/c23-17(21-11-5-7-13-6-1-4-10-16(13)21)12-22-18(24)14-8-2-3-9-15(14)19-20-22/h2-3,8-9,13,16H,1,4-7,10-12H2/t13-,16-/m0/s1. The van der Waals surface area contributed by atoms with E-state index >= 15 is 0 Å². The molecule has 6 heteroatoms. The zero-order chi connectivity index (χ0) is 16.5. The maximum absolute atomic E-state index is 12.8. The minimum atomic E-state index is -0.244. The van der Waals surface area contributed by atoms with Crippen molar-refractivity contribution in [3.63, 3.8) is 0 Å². The van der Waals surface area contributed by atoms with Crippen molar-refractivity contribution in [1.29, 1.82) is 0 Å². The van der Waals surface area contributed by atoms with Gasteiger partial charge in [0.1, 0.15) is 12.1 Å². The summed E-state index contributed by atoms with van der Waals surface area (Å²) in [6, 6.07) is 7.46. The van der Waals surface area contributed by atoms with Crippen molar-refractivity contribution in [2.24, 2.45) is 5.92 Å². The molecule has 0 spiro atoms. The third-order valence-electron chi connectivity index (χ3n) is 5.48. The molecular formula is C18H22N4O2. The van der Waals surface area contributed by atoms with E-state index in [0.717, 1.165) is 19.4 Å². The van der Waals surface area contributed by atoms with Crippen molar-refractivity contribution in [2.75, 3.05) is 6.54 Å². The average molecular weight is 326 g/mol. The predicted octanol–water partition coefficient (Wildman–Crippen LogP) is 1.97. The van der Waals surface area contributed by atoms with Gasteiger partial charge in [-0.05, 0) is 43.7 Å². The van der Waals surface area contributed by atoms with Crippen molar-refractivity contribution in [2.45, 2.75) is 51.1 Å². The molecule has 0 N–H and O–H groups in total. The molecule has 126 valence electrons. The van der Waals surface area contributed by atoms with Crippen LogP contribution in [-0.2, 0) is 11.3 Å². The number of fused-ring (bicyclic) bond motifs is 2. The van der Waals surface area contributed by atoms with E-state index in [0.29, 0.717) is 22.9 Å². The number of nitrogens with zero attached hydrogens (tertiary/aromatic N) is 4. The van der Waals surface area contributed by atoms with Crippen LogP contribution in [0, 0.1) is 5.92 Å². The molecular weight excluding hydrogens is 304 g/mol. The van der Waals surface area contributed by atoms with Gasteiger partial charge in [-0.15, -0.1) is 5.10 Å². The lowest BCUT2D eigenvalue weighted by Crippen LogP contribution is -2.51. The summed E-state index contributed by atoms with van der Waals surface area (Å²) >= 11 is 0. The predicted molar refractivity (Wildman–Crippen MR) is 90.5 cm³/mol. The van der Waals surface area contributed by atoms with Crippen LogP contribution in [0.4, 0.5) is 0 Å². The van der Waals surface area contributed by atoms with E-state index in [-0.39, 0.29) is 18.0 Å². The highest BCUT2D eigenvalue weighted by Crippen LogP contribution is 2.35. The Morgan fingerprint density at radius 2 is 1.92 bits per heavy atom. The van der Waals surface area contributed by atoms with Gasteiger partial charge in [-0.3, -0.25) is 9.59 Å². The van der Waals surface area contributed by atoms with Crippen LogP contribution in [-0.4, -0.2) is 38.4 Å². The van der Waals surface area contributed by atoms with Crippen LogP contribution in [0.5, 0.6) is 0 Å². The molecule has 1 aromatic carbocycles. The highest BCUT2D eigenvalue weighted by molar-refractivity contribution is 5.78. The Balaban J connectivity index is 1.57. The van der Waals surface area contributed by atoms with E-state index in [4.69, 9.17) is 0 Å². The molecule has 2 aromatic rings. The smallest absolute Gasteiger partial charge is 0.278 e. The molecule has 24 heavy (non-hydrogen) atoms. The fourth-order valence-corrected chi connectivity index (χ4v) is 4.28. The molecule has 6 nitrogen and oxygen atoms in total. The first kappa shape index (κ1) is 15.3. The van der Waals surface area contributed by atoms with Crippen LogP contribution in [0.25, 0.3) is 10.9 Å². The Labute approximate surface area is 140 Å². The van der Waals surface area contributed by atoms with Crippen LogP contribution in [0.15, 0.2) is 29.1 Å². The lowest BCUT2D eigenvalue weighted by molar-refractivity contribution is -0.138. The minimum Gasteiger partial charge on any atom is -0.338 e. The van der Waals surface area contributed by atoms with Crippen molar-refractivity contribution < 1.29 is 4.79 Å². The van der Waals surface area contributed by atoms with E-state index in [1.54, 1.807) is 18.2 Å². The van der Waals surface area contributed by atoms with Gasteiger partial charge in [-0.1, -0.05) is 30.2 Å². The highest BCUT2D eigenvalue weighted by Gasteiger charge is 2.35. The largest absolute Gasteiger partial charge is 0.338 e. The fraction of sp³-hybridized carbons (Fsp3) is 0.556. The van der Waals surface area contributed by atoms with E-state index in [1.807, 2.05) is 11.0 Å². The van der Waals surface area contributed by atoms with Crippen LogP contribution in [0.2, 0.25) is 0 Å². The average Bonchev–Trinajstić information content (AvgIpc) is 2.63. The van der Waals surface area contributed by atoms with Crippen LogP contribution < -0.4 is 5.56 Å². The third-order valence-corrected chi connectivity index (χ3v) is 5.48. The monoisotopic (exact) mass is 326 g/mol. The first-order chi connectivity index (χ1) is 11.7. The number of rotatable bonds is 2. The molecule has 1 saturated carbocycles. The summed E-state index contributed by atoms with van der Waals surface area (Å²) in [6.07, 6.45) is 7.08. The molecule has 4 rings (SSSR count). The Morgan fingerprint density at radius 3 is 2.83 bits per heavy atom. The summed E-state index contributed by atoms with van der Waals surface area (Å²) in [5.74, 6) is 0.633. The van der Waals surface area contributed by atoms with E-state index in [9.17, 15) is 9.59 Å². The summed E-state index contributed by atoms with van der Waals surface area (Å²) in [7, 11) is 0. The van der Waals surface area contributed by atoms with Gasteiger partial charge in [-0.25, -0.2) is 4.68 Å². The van der Waals surface area contributed by atoms with Gasteiger partial charge in [-0.2, -0.15) is 0 Å². The van der Waals surface area contributed by atoms with Crippen molar-refractivity contribution in [3.05, 3.63) is 34.6 Å². The maximum atomic E-state index is 12.8. The molecule has 1 aliphatic heterocycles. The first-order valence-electron chi connectivity index (χ1n) is 8.86. The molecule has 0 unspecified atom stereocenters. The number of carbonyl (C=O) groups excluding carboxylic acids is 1. The van der Waals surface area contributed by atoms with E-state index in [2.05, 4.69) is 10.3 Å². The second-order valence-electron chi connectivity index (χ2n) is 6.91. The molecule has 2 heterocycles.